The second-order valence-corrected chi connectivity index (χ2v) is 4.82. The molecule has 1 aliphatic heterocycles. The lowest BCUT2D eigenvalue weighted by Gasteiger charge is -2.22. The highest BCUT2D eigenvalue weighted by molar-refractivity contribution is 5.94. The number of benzene rings is 1. The van der Waals surface area contributed by atoms with Gasteiger partial charge >= 0.3 is 12.0 Å². The molecule has 1 fully saturated rings. The zero-order valence-electron chi connectivity index (χ0n) is 11.5. The van der Waals surface area contributed by atoms with Gasteiger partial charge in [-0.25, -0.2) is 9.59 Å². The van der Waals surface area contributed by atoms with Crippen molar-refractivity contribution in [3.63, 3.8) is 0 Å². The molecule has 0 bridgehead atoms. The van der Waals surface area contributed by atoms with Crippen LogP contribution >= 0.6 is 0 Å². The molecule has 0 aromatic heterocycles. The number of urea groups is 1. The zero-order chi connectivity index (χ0) is 14.7. The molecule has 0 radical (unpaired) electrons. The van der Waals surface area contributed by atoms with Crippen LogP contribution in [-0.4, -0.2) is 41.7 Å². The Morgan fingerprint density at radius 3 is 2.85 bits per heavy atom. The molecule has 1 aromatic carbocycles. The number of anilines is 1. The summed E-state index contributed by atoms with van der Waals surface area (Å²) in [6.07, 6.45) is 1.20. The molecule has 2 N–H and O–H groups in total. The summed E-state index contributed by atoms with van der Waals surface area (Å²) in [5.74, 6) is -0.413. The molecule has 0 saturated carbocycles. The van der Waals surface area contributed by atoms with Gasteiger partial charge in [0.25, 0.3) is 0 Å². The quantitative estimate of drug-likeness (QED) is 0.887. The number of nitrogens with one attached hydrogen (secondary N) is 1. The van der Waals surface area contributed by atoms with E-state index in [1.165, 1.54) is 12.0 Å². The topological polar surface area (TPSA) is 78.9 Å². The molecular weight excluding hydrogens is 260 g/mol. The van der Waals surface area contributed by atoms with Gasteiger partial charge in [0.05, 0.1) is 12.8 Å². The van der Waals surface area contributed by atoms with Gasteiger partial charge in [-0.2, -0.15) is 0 Å². The van der Waals surface area contributed by atoms with Crippen LogP contribution in [0.3, 0.4) is 0 Å². The smallest absolute Gasteiger partial charge is 0.326 e. The van der Waals surface area contributed by atoms with Crippen LogP contribution in [0.1, 0.15) is 18.4 Å². The average Bonchev–Trinajstić information content (AvgIpc) is 2.88. The molecule has 1 saturated heterocycles. The third kappa shape index (κ3) is 2.84. The fourth-order valence-electron chi connectivity index (χ4n) is 2.37. The van der Waals surface area contributed by atoms with E-state index in [0.717, 1.165) is 5.56 Å². The molecule has 2 rings (SSSR count). The molecule has 2 amide bonds. The first-order chi connectivity index (χ1) is 9.52. The van der Waals surface area contributed by atoms with Gasteiger partial charge in [0.2, 0.25) is 0 Å². The van der Waals surface area contributed by atoms with Crippen molar-refractivity contribution in [2.75, 3.05) is 19.0 Å². The van der Waals surface area contributed by atoms with E-state index in [2.05, 4.69) is 5.32 Å². The van der Waals surface area contributed by atoms with E-state index >= 15 is 0 Å². The number of methoxy groups -OCH3 is 1. The van der Waals surface area contributed by atoms with Crippen LogP contribution in [0.15, 0.2) is 18.2 Å². The maximum absolute atomic E-state index is 12.2. The summed E-state index contributed by atoms with van der Waals surface area (Å²) in [6, 6.07) is 4.29. The maximum Gasteiger partial charge on any atom is 0.326 e. The molecule has 0 spiro atoms. The van der Waals surface area contributed by atoms with Crippen LogP contribution in [0, 0.1) is 6.92 Å². The van der Waals surface area contributed by atoms with Crippen LogP contribution < -0.4 is 10.1 Å². The number of hydrogen-bond acceptors (Lipinski definition) is 3. The first-order valence-corrected chi connectivity index (χ1v) is 6.48. The molecule has 1 aliphatic rings. The molecule has 1 heterocycles. The van der Waals surface area contributed by atoms with Crippen LogP contribution in [0.4, 0.5) is 10.5 Å². The number of nitrogens with zero attached hydrogens (tertiary/aromatic N) is 1. The number of carboxylic acids is 1. The number of carbonyl (C=O) groups excluding carboxylic acids is 1. The highest BCUT2D eigenvalue weighted by Gasteiger charge is 2.34. The molecule has 1 unspecified atom stereocenters. The van der Waals surface area contributed by atoms with Crippen molar-refractivity contribution >= 4 is 17.7 Å². The fraction of sp³-hybridized carbons (Fsp3) is 0.429. The summed E-state index contributed by atoms with van der Waals surface area (Å²) in [5.41, 5.74) is 1.53. The Kier molecular flexibility index (Phi) is 4.12. The number of aliphatic carboxylic acids is 1. The zero-order valence-corrected chi connectivity index (χ0v) is 11.5. The Bertz CT molecular complexity index is 530. The van der Waals surface area contributed by atoms with E-state index in [0.29, 0.717) is 30.8 Å². The van der Waals surface area contributed by atoms with Gasteiger partial charge in [0.15, 0.2) is 0 Å². The van der Waals surface area contributed by atoms with E-state index in [1.807, 2.05) is 13.0 Å². The first-order valence-electron chi connectivity index (χ1n) is 6.48. The van der Waals surface area contributed by atoms with Crippen molar-refractivity contribution < 1.29 is 19.4 Å². The molecule has 6 heteroatoms. The third-order valence-corrected chi connectivity index (χ3v) is 3.40. The Hall–Kier alpha value is -2.24. The highest BCUT2D eigenvalue weighted by atomic mass is 16.5. The second-order valence-electron chi connectivity index (χ2n) is 4.82. The third-order valence-electron chi connectivity index (χ3n) is 3.40. The number of amides is 2. The summed E-state index contributed by atoms with van der Waals surface area (Å²) >= 11 is 0. The number of carbonyl (C=O) groups is 2. The molecule has 6 nitrogen and oxygen atoms in total. The lowest BCUT2D eigenvalue weighted by atomic mass is 10.2. The fourth-order valence-corrected chi connectivity index (χ4v) is 2.37. The van der Waals surface area contributed by atoms with Gasteiger partial charge in [0.1, 0.15) is 11.8 Å². The van der Waals surface area contributed by atoms with E-state index < -0.39 is 18.0 Å². The van der Waals surface area contributed by atoms with Crippen molar-refractivity contribution in [1.82, 2.24) is 4.90 Å². The summed E-state index contributed by atoms with van der Waals surface area (Å²) < 4.78 is 5.19. The van der Waals surface area contributed by atoms with Crippen molar-refractivity contribution in [1.29, 1.82) is 0 Å². The molecule has 20 heavy (non-hydrogen) atoms. The maximum atomic E-state index is 12.2. The Morgan fingerprint density at radius 1 is 1.45 bits per heavy atom. The molecular formula is C14H18N2O4. The van der Waals surface area contributed by atoms with Crippen molar-refractivity contribution in [2.24, 2.45) is 0 Å². The Labute approximate surface area is 117 Å². The second kappa shape index (κ2) is 5.81. The standard InChI is InChI=1S/C14H18N2O4/c1-9-5-6-12(20-2)10(8-9)15-14(19)16-7-3-4-11(16)13(17)18/h5-6,8,11H,3-4,7H2,1-2H3,(H,15,19)(H,17,18). The van der Waals surface area contributed by atoms with Crippen molar-refractivity contribution in [3.8, 4) is 5.75 Å². The predicted molar refractivity (Wildman–Crippen MR) is 74.1 cm³/mol. The van der Waals surface area contributed by atoms with Gasteiger partial charge < -0.3 is 20.1 Å². The molecule has 108 valence electrons. The normalized spacial score (nSPS) is 17.9. The number of aryl methyl sites for hydroxylation is 1. The van der Waals surface area contributed by atoms with Crippen LogP contribution in [0.2, 0.25) is 0 Å². The SMILES string of the molecule is COc1ccc(C)cc1NC(=O)N1CCCC1C(=O)O. The van der Waals surface area contributed by atoms with Gasteiger partial charge in [-0.15, -0.1) is 0 Å². The van der Waals surface area contributed by atoms with Crippen LogP contribution in [0.5, 0.6) is 5.75 Å². The number of hydrogen-bond donors (Lipinski definition) is 2. The molecule has 0 aliphatic carbocycles. The van der Waals surface area contributed by atoms with E-state index in [9.17, 15) is 9.59 Å². The molecule has 1 aromatic rings. The van der Waals surface area contributed by atoms with Gasteiger partial charge in [-0.1, -0.05) is 6.07 Å². The average molecular weight is 278 g/mol. The van der Waals surface area contributed by atoms with E-state index in [1.54, 1.807) is 12.1 Å². The van der Waals surface area contributed by atoms with E-state index in [-0.39, 0.29) is 0 Å². The minimum absolute atomic E-state index is 0.404. The minimum atomic E-state index is -0.964. The molecule has 1 atom stereocenters. The summed E-state index contributed by atoms with van der Waals surface area (Å²) in [6.45, 7) is 2.36. The van der Waals surface area contributed by atoms with Crippen molar-refractivity contribution in [3.05, 3.63) is 23.8 Å². The van der Waals surface area contributed by atoms with Crippen LogP contribution in [0.25, 0.3) is 0 Å². The van der Waals surface area contributed by atoms with Crippen molar-refractivity contribution in [2.45, 2.75) is 25.8 Å². The number of rotatable bonds is 3. The highest BCUT2D eigenvalue weighted by Crippen LogP contribution is 2.26. The Balaban J connectivity index is 2.15. The summed E-state index contributed by atoms with van der Waals surface area (Å²) in [4.78, 5) is 24.7. The first kappa shape index (κ1) is 14.2. The lowest BCUT2D eigenvalue weighted by molar-refractivity contribution is -0.141. The summed E-state index contributed by atoms with van der Waals surface area (Å²) in [5, 5.41) is 11.8. The van der Waals surface area contributed by atoms with E-state index in [4.69, 9.17) is 9.84 Å². The van der Waals surface area contributed by atoms with Crippen LogP contribution in [-0.2, 0) is 4.79 Å². The van der Waals surface area contributed by atoms with Gasteiger partial charge in [-0.05, 0) is 37.5 Å². The largest absolute Gasteiger partial charge is 0.495 e. The lowest BCUT2D eigenvalue weighted by Crippen LogP contribution is -2.42. The number of carboxylic acid groups (broad SMARTS) is 1. The number of likely N-dealkylation sites (tertiary alicyclic amines) is 1. The Morgan fingerprint density at radius 2 is 2.20 bits per heavy atom. The minimum Gasteiger partial charge on any atom is -0.495 e. The monoisotopic (exact) mass is 278 g/mol. The van der Waals surface area contributed by atoms with Gasteiger partial charge in [0, 0.05) is 6.54 Å². The predicted octanol–water partition coefficient (Wildman–Crippen LogP) is 2.08. The summed E-state index contributed by atoms with van der Waals surface area (Å²) in [7, 11) is 1.52. The van der Waals surface area contributed by atoms with Gasteiger partial charge in [-0.3, -0.25) is 0 Å². The number of ether oxygens (including phenoxy) is 1.